The van der Waals surface area contributed by atoms with Gasteiger partial charge in [0, 0.05) is 18.6 Å². The largest absolute Gasteiger partial charge is 0.303 e. The van der Waals surface area contributed by atoms with E-state index in [1.807, 2.05) is 0 Å². The van der Waals surface area contributed by atoms with Crippen molar-refractivity contribution < 1.29 is 0 Å². The molecule has 0 spiro atoms. The standard InChI is InChI=1S/C16H28N2/c1-17-7-4-5-12-9-13-10-14(16(12)17)11-18-8-3-2-6-15(13)18/h12-16H,2-11H2,1H3/t12-,13+,14-,15-,16-/m1/s1. The van der Waals surface area contributed by atoms with Gasteiger partial charge in [-0.1, -0.05) is 6.42 Å². The zero-order valence-electron chi connectivity index (χ0n) is 11.9. The van der Waals surface area contributed by atoms with Crippen LogP contribution in [0, 0.1) is 17.8 Å². The monoisotopic (exact) mass is 248 g/mol. The number of hydrogen-bond donors (Lipinski definition) is 0. The molecule has 0 aromatic heterocycles. The summed E-state index contributed by atoms with van der Waals surface area (Å²) in [5.41, 5.74) is 0. The van der Waals surface area contributed by atoms with Crippen LogP contribution < -0.4 is 0 Å². The van der Waals surface area contributed by atoms with Crippen LogP contribution in [0.4, 0.5) is 0 Å². The molecule has 3 heterocycles. The Hall–Kier alpha value is -0.0800. The topological polar surface area (TPSA) is 6.48 Å². The third kappa shape index (κ3) is 1.76. The van der Waals surface area contributed by atoms with Crippen molar-refractivity contribution in [3.8, 4) is 0 Å². The molecular weight excluding hydrogens is 220 g/mol. The average Bonchev–Trinajstić information content (AvgIpc) is 2.39. The maximum atomic E-state index is 2.88. The maximum Gasteiger partial charge on any atom is 0.0161 e. The average molecular weight is 248 g/mol. The minimum Gasteiger partial charge on any atom is -0.303 e. The van der Waals surface area contributed by atoms with E-state index in [-0.39, 0.29) is 0 Å². The zero-order valence-corrected chi connectivity index (χ0v) is 11.9. The highest BCUT2D eigenvalue weighted by Crippen LogP contribution is 2.47. The third-order valence-corrected chi connectivity index (χ3v) is 6.45. The van der Waals surface area contributed by atoms with Gasteiger partial charge >= 0.3 is 0 Å². The third-order valence-electron chi connectivity index (χ3n) is 6.45. The molecule has 3 aliphatic heterocycles. The first-order valence-corrected chi connectivity index (χ1v) is 8.27. The van der Waals surface area contributed by atoms with E-state index in [0.29, 0.717) is 0 Å². The van der Waals surface area contributed by atoms with Gasteiger partial charge in [-0.3, -0.25) is 4.90 Å². The highest BCUT2D eigenvalue weighted by molar-refractivity contribution is 5.02. The van der Waals surface area contributed by atoms with Gasteiger partial charge in [0.25, 0.3) is 0 Å². The number of piperidine rings is 3. The van der Waals surface area contributed by atoms with Crippen LogP contribution in [0.5, 0.6) is 0 Å². The Morgan fingerprint density at radius 1 is 0.833 bits per heavy atom. The van der Waals surface area contributed by atoms with Crippen LogP contribution in [-0.2, 0) is 0 Å². The molecule has 0 radical (unpaired) electrons. The predicted molar refractivity (Wildman–Crippen MR) is 74.6 cm³/mol. The number of hydrogen-bond acceptors (Lipinski definition) is 2. The zero-order chi connectivity index (χ0) is 12.1. The summed E-state index contributed by atoms with van der Waals surface area (Å²) >= 11 is 0. The molecule has 18 heavy (non-hydrogen) atoms. The Morgan fingerprint density at radius 2 is 1.72 bits per heavy atom. The SMILES string of the molecule is CN1CCC[C@@H]2C[C@H]3C[C@H](CN4CCCC[C@H]34)[C@@H]21. The van der Waals surface area contributed by atoms with E-state index in [0.717, 1.165) is 29.8 Å². The summed E-state index contributed by atoms with van der Waals surface area (Å²) in [7, 11) is 2.39. The smallest absolute Gasteiger partial charge is 0.0161 e. The highest BCUT2D eigenvalue weighted by atomic mass is 15.2. The van der Waals surface area contributed by atoms with Crippen molar-refractivity contribution in [2.24, 2.45) is 17.8 Å². The van der Waals surface area contributed by atoms with E-state index < -0.39 is 0 Å². The maximum absolute atomic E-state index is 2.88. The summed E-state index contributed by atoms with van der Waals surface area (Å²) in [4.78, 5) is 5.58. The van der Waals surface area contributed by atoms with Crippen molar-refractivity contribution in [2.45, 2.75) is 57.0 Å². The first-order valence-electron chi connectivity index (χ1n) is 8.27. The van der Waals surface area contributed by atoms with E-state index in [1.54, 1.807) is 12.8 Å². The second-order valence-corrected chi connectivity index (χ2v) is 7.42. The molecule has 0 N–H and O–H groups in total. The van der Waals surface area contributed by atoms with Crippen molar-refractivity contribution in [1.29, 1.82) is 0 Å². The fraction of sp³-hybridized carbons (Fsp3) is 1.00. The Labute approximate surface area is 112 Å². The molecule has 4 aliphatic rings. The molecule has 2 nitrogen and oxygen atoms in total. The molecule has 102 valence electrons. The summed E-state index contributed by atoms with van der Waals surface area (Å²) < 4.78 is 0. The van der Waals surface area contributed by atoms with Crippen LogP contribution >= 0.6 is 0 Å². The Bertz CT molecular complexity index is 316. The number of nitrogens with zero attached hydrogens (tertiary/aromatic N) is 2. The van der Waals surface area contributed by atoms with Gasteiger partial charge in [-0.2, -0.15) is 0 Å². The predicted octanol–water partition coefficient (Wildman–Crippen LogP) is 2.59. The summed E-state index contributed by atoms with van der Waals surface area (Å²) in [5.74, 6) is 3.08. The van der Waals surface area contributed by atoms with Crippen LogP contribution in [0.25, 0.3) is 0 Å². The lowest BCUT2D eigenvalue weighted by molar-refractivity contribution is -0.0741. The van der Waals surface area contributed by atoms with Gasteiger partial charge < -0.3 is 4.90 Å². The van der Waals surface area contributed by atoms with E-state index in [9.17, 15) is 0 Å². The van der Waals surface area contributed by atoms with E-state index in [4.69, 9.17) is 0 Å². The number of fused-ring (bicyclic) bond motifs is 6. The van der Waals surface area contributed by atoms with Gasteiger partial charge in [0.2, 0.25) is 0 Å². The fourth-order valence-electron chi connectivity index (χ4n) is 5.87. The molecule has 2 bridgehead atoms. The minimum atomic E-state index is 0.929. The van der Waals surface area contributed by atoms with Crippen molar-refractivity contribution in [3.05, 3.63) is 0 Å². The molecule has 0 aromatic rings. The summed E-state index contributed by atoms with van der Waals surface area (Å²) in [6.45, 7) is 4.18. The van der Waals surface area contributed by atoms with Crippen molar-refractivity contribution in [3.63, 3.8) is 0 Å². The Kier molecular flexibility index (Phi) is 2.92. The Morgan fingerprint density at radius 3 is 2.67 bits per heavy atom. The molecule has 4 rings (SSSR count). The molecule has 3 saturated heterocycles. The lowest BCUT2D eigenvalue weighted by Gasteiger charge is -2.57. The lowest BCUT2D eigenvalue weighted by Crippen LogP contribution is -2.61. The summed E-state index contributed by atoms with van der Waals surface area (Å²) in [6.07, 6.45) is 10.5. The normalized spacial score (nSPS) is 49.5. The molecule has 5 atom stereocenters. The van der Waals surface area contributed by atoms with Crippen molar-refractivity contribution in [2.75, 3.05) is 26.7 Å². The second kappa shape index (κ2) is 4.49. The van der Waals surface area contributed by atoms with E-state index in [2.05, 4.69) is 16.8 Å². The van der Waals surface area contributed by atoms with E-state index in [1.165, 1.54) is 51.7 Å². The summed E-state index contributed by atoms with van der Waals surface area (Å²) in [6, 6.07) is 1.90. The van der Waals surface area contributed by atoms with Crippen LogP contribution in [0.2, 0.25) is 0 Å². The van der Waals surface area contributed by atoms with Crippen LogP contribution in [0.1, 0.15) is 44.9 Å². The first-order chi connectivity index (χ1) is 8.83. The van der Waals surface area contributed by atoms with Gasteiger partial charge in [0.15, 0.2) is 0 Å². The molecule has 4 fully saturated rings. The minimum absolute atomic E-state index is 0.929. The van der Waals surface area contributed by atoms with Crippen LogP contribution in [0.15, 0.2) is 0 Å². The first kappa shape index (κ1) is 11.7. The van der Waals surface area contributed by atoms with Gasteiger partial charge in [-0.15, -0.1) is 0 Å². The van der Waals surface area contributed by atoms with Gasteiger partial charge in [-0.05, 0) is 76.4 Å². The number of likely N-dealkylation sites (tertiary alicyclic amines) is 1. The molecule has 0 unspecified atom stereocenters. The molecule has 1 saturated carbocycles. The lowest BCUT2D eigenvalue weighted by atomic mass is 9.62. The summed E-state index contributed by atoms with van der Waals surface area (Å²) in [5, 5.41) is 0. The molecule has 1 aliphatic carbocycles. The molecule has 0 amide bonds. The molecule has 0 aromatic carbocycles. The van der Waals surface area contributed by atoms with Crippen molar-refractivity contribution >= 4 is 0 Å². The Balaban J connectivity index is 1.58. The van der Waals surface area contributed by atoms with Gasteiger partial charge in [-0.25, -0.2) is 0 Å². The fourth-order valence-corrected chi connectivity index (χ4v) is 5.87. The van der Waals surface area contributed by atoms with E-state index >= 15 is 0 Å². The van der Waals surface area contributed by atoms with Crippen LogP contribution in [0.3, 0.4) is 0 Å². The van der Waals surface area contributed by atoms with Crippen LogP contribution in [-0.4, -0.2) is 48.6 Å². The number of rotatable bonds is 0. The van der Waals surface area contributed by atoms with Gasteiger partial charge in [0.1, 0.15) is 0 Å². The van der Waals surface area contributed by atoms with Gasteiger partial charge in [0.05, 0.1) is 0 Å². The quantitative estimate of drug-likeness (QED) is 0.650. The molecule has 2 heteroatoms. The highest BCUT2D eigenvalue weighted by Gasteiger charge is 2.48. The van der Waals surface area contributed by atoms with Crippen molar-refractivity contribution in [1.82, 2.24) is 9.80 Å². The molecular formula is C16H28N2. The second-order valence-electron chi connectivity index (χ2n) is 7.42.